The summed E-state index contributed by atoms with van der Waals surface area (Å²) in [7, 11) is 0. The van der Waals surface area contributed by atoms with Crippen LogP contribution in [-0.2, 0) is 5.41 Å². The Bertz CT molecular complexity index is 417. The van der Waals surface area contributed by atoms with Crippen molar-refractivity contribution >= 4 is 28.6 Å². The van der Waals surface area contributed by atoms with E-state index in [0.717, 1.165) is 0 Å². The Balaban J connectivity index is 2.27. The zero-order valence-electron chi connectivity index (χ0n) is 9.26. The molecule has 0 spiro atoms. The van der Waals surface area contributed by atoms with Crippen molar-refractivity contribution in [3.05, 3.63) is 29.8 Å². The lowest BCUT2D eigenvalue weighted by Gasteiger charge is -2.38. The Morgan fingerprint density at radius 3 is 2.73 bits per heavy atom. The van der Waals surface area contributed by atoms with E-state index in [0.29, 0.717) is 11.0 Å². The van der Waals surface area contributed by atoms with E-state index in [2.05, 4.69) is 64.1 Å². The molecule has 3 rings (SSSR count). The van der Waals surface area contributed by atoms with Gasteiger partial charge in [0.25, 0.3) is 0 Å². The third-order valence-electron chi connectivity index (χ3n) is 4.67. The molecule has 0 bridgehead atoms. The van der Waals surface area contributed by atoms with Crippen molar-refractivity contribution in [2.75, 3.05) is 3.11 Å². The summed E-state index contributed by atoms with van der Waals surface area (Å²) < 4.78 is 2.48. The Morgan fingerprint density at radius 2 is 1.93 bits per heavy atom. The molecule has 0 radical (unpaired) electrons. The van der Waals surface area contributed by atoms with Gasteiger partial charge in [-0.15, -0.1) is 0 Å². The van der Waals surface area contributed by atoms with E-state index < -0.39 is 0 Å². The molecule has 1 aromatic rings. The van der Waals surface area contributed by atoms with E-state index >= 15 is 0 Å². The predicted octanol–water partition coefficient (Wildman–Crippen LogP) is 4.06. The molecular formula is C13H16IN. The normalized spacial score (nSPS) is 37.9. The van der Waals surface area contributed by atoms with Crippen molar-refractivity contribution < 1.29 is 0 Å². The molecule has 1 nitrogen and oxygen atoms in total. The number of fused-ring (bicyclic) bond motifs is 3. The fourth-order valence-corrected chi connectivity index (χ4v) is 4.64. The lowest BCUT2D eigenvalue weighted by molar-refractivity contribution is 0.346. The number of hydrogen-bond acceptors (Lipinski definition) is 1. The van der Waals surface area contributed by atoms with Gasteiger partial charge < -0.3 is 3.11 Å². The molecule has 15 heavy (non-hydrogen) atoms. The maximum absolute atomic E-state index is 2.50. The first kappa shape index (κ1) is 9.94. The van der Waals surface area contributed by atoms with Crippen LogP contribution in [0.5, 0.6) is 0 Å². The van der Waals surface area contributed by atoms with E-state index in [1.54, 1.807) is 5.56 Å². The predicted molar refractivity (Wildman–Crippen MR) is 72.5 cm³/mol. The molecular weight excluding hydrogens is 297 g/mol. The van der Waals surface area contributed by atoms with Crippen LogP contribution in [-0.4, -0.2) is 5.54 Å². The summed E-state index contributed by atoms with van der Waals surface area (Å²) in [4.78, 5) is 0. The van der Waals surface area contributed by atoms with E-state index in [9.17, 15) is 0 Å². The molecule has 1 saturated carbocycles. The minimum Gasteiger partial charge on any atom is -0.308 e. The second-order valence-corrected chi connectivity index (χ2v) is 6.22. The number of halogens is 1. The van der Waals surface area contributed by atoms with Crippen LogP contribution in [0.1, 0.15) is 38.7 Å². The van der Waals surface area contributed by atoms with Gasteiger partial charge in [-0.2, -0.15) is 0 Å². The zero-order chi connectivity index (χ0) is 10.7. The van der Waals surface area contributed by atoms with Gasteiger partial charge in [0.1, 0.15) is 0 Å². The largest absolute Gasteiger partial charge is 0.308 e. The highest BCUT2D eigenvalue weighted by atomic mass is 127. The summed E-state index contributed by atoms with van der Waals surface area (Å²) in [6.07, 6.45) is 4.02. The Kier molecular flexibility index (Phi) is 1.92. The second kappa shape index (κ2) is 2.90. The molecule has 1 aliphatic carbocycles. The van der Waals surface area contributed by atoms with E-state index in [4.69, 9.17) is 0 Å². The van der Waals surface area contributed by atoms with Gasteiger partial charge in [-0.3, -0.25) is 0 Å². The molecule has 1 heterocycles. The monoisotopic (exact) mass is 313 g/mol. The van der Waals surface area contributed by atoms with Crippen LogP contribution < -0.4 is 3.11 Å². The summed E-state index contributed by atoms with van der Waals surface area (Å²) in [6.45, 7) is 4.87. The number of rotatable bonds is 0. The highest BCUT2D eigenvalue weighted by Crippen LogP contribution is 2.60. The van der Waals surface area contributed by atoms with Crippen LogP contribution >= 0.6 is 22.9 Å². The standard InChI is InChI=1S/C13H16IN/c1-12-8-5-9-13(12,2)15(14)11-7-4-3-6-10(11)12/h3-4,6-7H,5,8-9H2,1-2H3. The summed E-state index contributed by atoms with van der Waals surface area (Å²) in [5.74, 6) is 0. The van der Waals surface area contributed by atoms with Gasteiger partial charge in [-0.05, 0) is 31.4 Å². The minimum absolute atomic E-state index is 0.331. The third kappa shape index (κ3) is 0.992. The molecule has 0 aromatic heterocycles. The van der Waals surface area contributed by atoms with Gasteiger partial charge in [-0.25, -0.2) is 0 Å². The first-order valence-electron chi connectivity index (χ1n) is 5.65. The van der Waals surface area contributed by atoms with Crippen molar-refractivity contribution in [1.82, 2.24) is 0 Å². The number of anilines is 1. The number of nitrogens with zero attached hydrogens (tertiary/aromatic N) is 1. The van der Waals surface area contributed by atoms with E-state index in [-0.39, 0.29) is 0 Å². The van der Waals surface area contributed by atoms with Gasteiger partial charge in [-0.1, -0.05) is 31.5 Å². The van der Waals surface area contributed by atoms with Crippen molar-refractivity contribution in [1.29, 1.82) is 0 Å². The first-order valence-corrected chi connectivity index (χ1v) is 6.62. The van der Waals surface area contributed by atoms with Gasteiger partial charge in [0.05, 0.1) is 34.1 Å². The van der Waals surface area contributed by atoms with Crippen LogP contribution in [0.2, 0.25) is 0 Å². The molecule has 80 valence electrons. The van der Waals surface area contributed by atoms with Gasteiger partial charge in [0, 0.05) is 5.41 Å². The van der Waals surface area contributed by atoms with Crippen molar-refractivity contribution in [2.24, 2.45) is 0 Å². The fraction of sp³-hybridized carbons (Fsp3) is 0.538. The van der Waals surface area contributed by atoms with Crippen LogP contribution in [0.4, 0.5) is 5.69 Å². The molecule has 0 amide bonds. The average Bonchev–Trinajstić information content (AvgIpc) is 2.63. The third-order valence-corrected chi connectivity index (χ3v) is 6.26. The SMILES string of the molecule is CC12CCCC1(C)N(I)c1ccccc12. The zero-order valence-corrected chi connectivity index (χ0v) is 11.4. The molecule has 2 unspecified atom stereocenters. The molecule has 1 aliphatic heterocycles. The van der Waals surface area contributed by atoms with Gasteiger partial charge in [0.15, 0.2) is 0 Å². The second-order valence-electron chi connectivity index (χ2n) is 5.26. The van der Waals surface area contributed by atoms with E-state index in [1.807, 2.05) is 0 Å². The summed E-state index contributed by atoms with van der Waals surface area (Å²) in [6, 6.07) is 8.91. The quantitative estimate of drug-likeness (QED) is 0.516. The smallest absolute Gasteiger partial charge is 0.0597 e. The first-order chi connectivity index (χ1) is 7.09. The molecule has 2 heteroatoms. The van der Waals surface area contributed by atoms with Crippen LogP contribution in [0.25, 0.3) is 0 Å². The minimum atomic E-state index is 0.331. The van der Waals surface area contributed by atoms with Crippen molar-refractivity contribution in [2.45, 2.75) is 44.1 Å². The lowest BCUT2D eigenvalue weighted by atomic mass is 9.73. The van der Waals surface area contributed by atoms with E-state index in [1.165, 1.54) is 24.9 Å². The number of hydrogen-bond donors (Lipinski definition) is 0. The fourth-order valence-electron chi connectivity index (χ4n) is 3.45. The Hall–Kier alpha value is -0.250. The van der Waals surface area contributed by atoms with Crippen LogP contribution in [0, 0.1) is 0 Å². The lowest BCUT2D eigenvalue weighted by Crippen LogP contribution is -2.46. The molecule has 1 aromatic carbocycles. The molecule has 0 saturated heterocycles. The maximum Gasteiger partial charge on any atom is 0.0597 e. The topological polar surface area (TPSA) is 3.24 Å². The Labute approximate surface area is 105 Å². The van der Waals surface area contributed by atoms with Crippen molar-refractivity contribution in [3.63, 3.8) is 0 Å². The molecule has 2 aliphatic rings. The Morgan fingerprint density at radius 1 is 1.20 bits per heavy atom. The molecule has 0 N–H and O–H groups in total. The maximum atomic E-state index is 2.50. The van der Waals surface area contributed by atoms with Crippen molar-refractivity contribution in [3.8, 4) is 0 Å². The van der Waals surface area contributed by atoms with Crippen LogP contribution in [0.15, 0.2) is 24.3 Å². The number of benzene rings is 1. The average molecular weight is 313 g/mol. The molecule has 2 atom stereocenters. The summed E-state index contributed by atoms with van der Waals surface area (Å²) >= 11 is 2.50. The van der Waals surface area contributed by atoms with Gasteiger partial charge >= 0.3 is 0 Å². The molecule has 1 fully saturated rings. The highest BCUT2D eigenvalue weighted by Gasteiger charge is 2.58. The summed E-state index contributed by atoms with van der Waals surface area (Å²) in [5.41, 5.74) is 3.68. The van der Waals surface area contributed by atoms with Crippen LogP contribution in [0.3, 0.4) is 0 Å². The van der Waals surface area contributed by atoms with Gasteiger partial charge in [0.2, 0.25) is 0 Å². The summed E-state index contributed by atoms with van der Waals surface area (Å²) in [5, 5.41) is 0. The number of para-hydroxylation sites is 1. The highest BCUT2D eigenvalue weighted by molar-refractivity contribution is 14.1.